The first-order chi connectivity index (χ1) is 17.7. The van der Waals surface area contributed by atoms with Gasteiger partial charge in [0.25, 0.3) is 0 Å². The van der Waals surface area contributed by atoms with Crippen LogP contribution in [0.3, 0.4) is 0 Å². The molecule has 1 fully saturated rings. The van der Waals surface area contributed by atoms with Crippen LogP contribution in [0.25, 0.3) is 22.5 Å². The number of furan rings is 1. The van der Waals surface area contributed by atoms with E-state index in [9.17, 15) is 4.79 Å². The topological polar surface area (TPSA) is 103 Å². The summed E-state index contributed by atoms with van der Waals surface area (Å²) in [6.45, 7) is 2.45. The van der Waals surface area contributed by atoms with Crippen LogP contribution in [0.2, 0.25) is 0 Å². The first-order valence-corrected chi connectivity index (χ1v) is 14.2. The molecule has 0 unspecified atom stereocenters. The van der Waals surface area contributed by atoms with Gasteiger partial charge in [-0.3, -0.25) is 4.79 Å². The van der Waals surface area contributed by atoms with Gasteiger partial charge in [0, 0.05) is 35.0 Å². The van der Waals surface area contributed by atoms with E-state index in [0.29, 0.717) is 17.3 Å². The summed E-state index contributed by atoms with van der Waals surface area (Å²) in [5.41, 5.74) is 10.1. The molecule has 186 valence electrons. The molecule has 1 saturated heterocycles. The molecule has 2 aliphatic heterocycles. The second kappa shape index (κ2) is 10.2. The molecule has 10 heteroatoms. The third-order valence-corrected chi connectivity index (χ3v) is 9.32. The van der Waals surface area contributed by atoms with Crippen molar-refractivity contribution in [2.75, 3.05) is 24.6 Å². The molecule has 0 spiro atoms. The molecule has 36 heavy (non-hydrogen) atoms. The molecule has 1 amide bonds. The van der Waals surface area contributed by atoms with E-state index in [0.717, 1.165) is 84.5 Å². The number of nitrogens with two attached hydrogens (primary N) is 1. The molecule has 8 nitrogen and oxygen atoms in total. The minimum absolute atomic E-state index is 0.396. The zero-order valence-corrected chi connectivity index (χ0v) is 21.6. The Morgan fingerprint density at radius 2 is 2.14 bits per heavy atom. The van der Waals surface area contributed by atoms with Crippen LogP contribution < -0.4 is 5.73 Å². The quantitative estimate of drug-likeness (QED) is 0.335. The number of likely N-dealkylation sites (tertiary alicyclic amines) is 1. The summed E-state index contributed by atoms with van der Waals surface area (Å²) >= 11 is 3.56. The number of thioether (sulfide) groups is 1. The van der Waals surface area contributed by atoms with Gasteiger partial charge >= 0.3 is 0 Å². The smallest absolute Gasteiger partial charge is 0.209 e. The van der Waals surface area contributed by atoms with Crippen molar-refractivity contribution < 1.29 is 9.21 Å². The van der Waals surface area contributed by atoms with Gasteiger partial charge in [-0.15, -0.1) is 11.8 Å². The highest BCUT2D eigenvalue weighted by molar-refractivity contribution is 7.99. The lowest BCUT2D eigenvalue weighted by Gasteiger charge is -2.29. The van der Waals surface area contributed by atoms with E-state index in [4.69, 9.17) is 15.1 Å². The molecule has 2 N–H and O–H groups in total. The van der Waals surface area contributed by atoms with Crippen LogP contribution in [0.1, 0.15) is 31.2 Å². The second-order valence-electron chi connectivity index (χ2n) is 9.34. The van der Waals surface area contributed by atoms with Crippen molar-refractivity contribution >= 4 is 46.9 Å². The zero-order valence-electron chi connectivity index (χ0n) is 19.9. The van der Waals surface area contributed by atoms with Gasteiger partial charge in [-0.05, 0) is 73.6 Å². The van der Waals surface area contributed by atoms with Crippen molar-refractivity contribution in [1.82, 2.24) is 24.4 Å². The maximum atomic E-state index is 11.1. The van der Waals surface area contributed by atoms with Crippen molar-refractivity contribution in [1.29, 1.82) is 0 Å². The van der Waals surface area contributed by atoms with Gasteiger partial charge in [-0.2, -0.15) is 0 Å². The number of carbonyl (C=O) groups excluding carboxylic acids is 1. The van der Waals surface area contributed by atoms with E-state index in [-0.39, 0.29) is 0 Å². The number of anilines is 1. The summed E-state index contributed by atoms with van der Waals surface area (Å²) in [7, 11) is 0. The molecule has 0 saturated carbocycles. The van der Waals surface area contributed by atoms with Gasteiger partial charge in [0.1, 0.15) is 12.1 Å². The molecule has 5 heterocycles. The van der Waals surface area contributed by atoms with Crippen molar-refractivity contribution in [3.05, 3.63) is 42.4 Å². The van der Waals surface area contributed by atoms with E-state index in [1.165, 1.54) is 23.2 Å². The second-order valence-corrected chi connectivity index (χ2v) is 11.5. The summed E-state index contributed by atoms with van der Waals surface area (Å²) in [5.74, 6) is 2.97. The predicted octanol–water partition coefficient (Wildman–Crippen LogP) is 5.12. The highest BCUT2D eigenvalue weighted by Crippen LogP contribution is 2.43. The summed E-state index contributed by atoms with van der Waals surface area (Å²) in [5, 5.41) is 0.860. The largest absolute Gasteiger partial charge is 0.464 e. The van der Waals surface area contributed by atoms with Gasteiger partial charge in [0.15, 0.2) is 22.1 Å². The highest BCUT2D eigenvalue weighted by Gasteiger charge is 2.23. The lowest BCUT2D eigenvalue weighted by Crippen LogP contribution is -2.32. The van der Waals surface area contributed by atoms with Crippen molar-refractivity contribution in [3.8, 4) is 11.3 Å². The number of benzene rings is 1. The van der Waals surface area contributed by atoms with Gasteiger partial charge < -0.3 is 19.6 Å². The van der Waals surface area contributed by atoms with Crippen LogP contribution in [0.15, 0.2) is 56.2 Å². The number of carbonyl (C=O) groups is 1. The summed E-state index contributed by atoms with van der Waals surface area (Å²) < 4.78 is 8.01. The number of nitrogen functional groups attached to an aromatic ring is 1. The van der Waals surface area contributed by atoms with Crippen LogP contribution in [-0.4, -0.2) is 49.7 Å². The molecule has 0 atom stereocenters. The van der Waals surface area contributed by atoms with Crippen LogP contribution >= 0.6 is 23.5 Å². The van der Waals surface area contributed by atoms with Crippen molar-refractivity contribution in [2.24, 2.45) is 5.92 Å². The minimum Gasteiger partial charge on any atom is -0.464 e. The summed E-state index contributed by atoms with van der Waals surface area (Å²) in [4.78, 5) is 29.1. The molecular weight excluding hydrogens is 492 g/mol. The third kappa shape index (κ3) is 4.59. The SMILES string of the molecule is Nc1ncnc2c1nc(Sc1cc3c(cc1-c1ccco1)SCCC3)n2CCC1CCN(C=O)CC1. The van der Waals surface area contributed by atoms with Gasteiger partial charge in [-0.1, -0.05) is 11.8 Å². The average molecular weight is 521 g/mol. The van der Waals surface area contributed by atoms with Crippen LogP contribution in [0.4, 0.5) is 5.82 Å². The van der Waals surface area contributed by atoms with Gasteiger partial charge in [0.05, 0.1) is 6.26 Å². The number of rotatable bonds is 7. The van der Waals surface area contributed by atoms with E-state index >= 15 is 0 Å². The maximum absolute atomic E-state index is 11.1. The molecule has 0 radical (unpaired) electrons. The Hall–Kier alpha value is -2.98. The van der Waals surface area contributed by atoms with Crippen molar-refractivity contribution in [3.63, 3.8) is 0 Å². The van der Waals surface area contributed by atoms with Crippen LogP contribution in [0.5, 0.6) is 0 Å². The number of imidazole rings is 1. The lowest BCUT2D eigenvalue weighted by molar-refractivity contribution is -0.119. The summed E-state index contributed by atoms with van der Waals surface area (Å²) in [6.07, 6.45) is 9.52. The predicted molar refractivity (Wildman–Crippen MR) is 142 cm³/mol. The number of aryl methyl sites for hydroxylation is 2. The van der Waals surface area contributed by atoms with Crippen molar-refractivity contribution in [2.45, 2.75) is 53.6 Å². The summed E-state index contributed by atoms with van der Waals surface area (Å²) in [6, 6.07) is 8.51. The number of piperidine rings is 1. The Labute approximate surface area is 218 Å². The number of nitrogens with zero attached hydrogens (tertiary/aromatic N) is 5. The number of fused-ring (bicyclic) bond motifs is 2. The first-order valence-electron chi connectivity index (χ1n) is 12.4. The molecule has 4 aromatic rings. The lowest BCUT2D eigenvalue weighted by atomic mass is 9.94. The normalized spacial score (nSPS) is 16.4. The number of hydrogen-bond donors (Lipinski definition) is 1. The Morgan fingerprint density at radius 1 is 1.25 bits per heavy atom. The Bertz CT molecular complexity index is 1380. The molecule has 0 aliphatic carbocycles. The Balaban J connectivity index is 1.35. The first kappa shape index (κ1) is 23.4. The van der Waals surface area contributed by atoms with Crippen LogP contribution in [-0.2, 0) is 17.8 Å². The fourth-order valence-corrected chi connectivity index (χ4v) is 7.20. The van der Waals surface area contributed by atoms with E-state index < -0.39 is 0 Å². The molecule has 6 rings (SSSR count). The maximum Gasteiger partial charge on any atom is 0.209 e. The average Bonchev–Trinajstić information content (AvgIpc) is 3.57. The Kier molecular flexibility index (Phi) is 6.62. The molecule has 2 aliphatic rings. The monoisotopic (exact) mass is 520 g/mol. The van der Waals surface area contributed by atoms with Gasteiger partial charge in [0.2, 0.25) is 6.41 Å². The van der Waals surface area contributed by atoms with E-state index in [2.05, 4.69) is 26.7 Å². The van der Waals surface area contributed by atoms with Gasteiger partial charge in [-0.25, -0.2) is 15.0 Å². The fraction of sp³-hybridized carbons (Fsp3) is 0.385. The van der Waals surface area contributed by atoms with E-state index in [1.807, 2.05) is 28.8 Å². The number of hydrogen-bond acceptors (Lipinski definition) is 8. The number of aromatic nitrogens is 4. The molecule has 0 bridgehead atoms. The Morgan fingerprint density at radius 3 is 2.94 bits per heavy atom. The highest BCUT2D eigenvalue weighted by atomic mass is 32.2. The number of amides is 1. The molecule has 1 aromatic carbocycles. The third-order valence-electron chi connectivity index (χ3n) is 7.08. The zero-order chi connectivity index (χ0) is 24.5. The van der Waals surface area contributed by atoms with E-state index in [1.54, 1.807) is 18.0 Å². The van der Waals surface area contributed by atoms with Crippen LogP contribution in [0, 0.1) is 5.92 Å². The molecular formula is C26H28N6O2S2. The molecule has 3 aromatic heterocycles. The minimum atomic E-state index is 0.396. The fourth-order valence-electron chi connectivity index (χ4n) is 5.06. The standard InChI is InChI=1S/C26H28N6O2S2/c27-24-23-25(29-15-28-24)32(10-7-17-5-8-31(16-33)9-6-17)26(30-23)36-22-13-18-3-2-12-35-21(18)14-19(22)20-4-1-11-34-20/h1,4,11,13-17H,2-3,5-10,12H2,(H2,27,28,29).